The second-order valence-electron chi connectivity index (χ2n) is 6.86. The van der Waals surface area contributed by atoms with Crippen LogP contribution in [0.1, 0.15) is 12.8 Å². The fourth-order valence-corrected chi connectivity index (χ4v) is 3.32. The van der Waals surface area contributed by atoms with Crippen LogP contribution in [0.4, 0.5) is 22.0 Å². The lowest BCUT2D eigenvalue weighted by Gasteiger charge is -2.15. The lowest BCUT2D eigenvalue weighted by atomic mass is 10.1. The number of carbonyl (C=O) groups excluding carboxylic acids is 1. The summed E-state index contributed by atoms with van der Waals surface area (Å²) in [6.07, 6.45) is 2.41. The number of aromatic nitrogens is 2. The highest BCUT2D eigenvalue weighted by molar-refractivity contribution is 6.00. The van der Waals surface area contributed by atoms with Crippen LogP contribution in [0.5, 0.6) is 5.75 Å². The number of amides is 2. The molecule has 1 aliphatic rings. The summed E-state index contributed by atoms with van der Waals surface area (Å²) in [5, 5.41) is 14.4. The number of carbonyl (C=O) groups is 1. The zero-order valence-electron chi connectivity index (χ0n) is 16.3. The van der Waals surface area contributed by atoms with Crippen molar-refractivity contribution in [1.82, 2.24) is 10.2 Å². The fraction of sp³-hybridized carbons (Fsp3) is 0.227. The molecule has 1 aromatic heterocycles. The van der Waals surface area contributed by atoms with Gasteiger partial charge in [0.2, 0.25) is 0 Å². The molecule has 1 fully saturated rings. The van der Waals surface area contributed by atoms with E-state index in [1.165, 1.54) is 12.8 Å². The Morgan fingerprint density at radius 1 is 0.931 bits per heavy atom. The van der Waals surface area contributed by atoms with Crippen LogP contribution in [-0.2, 0) is 0 Å². The van der Waals surface area contributed by atoms with Gasteiger partial charge in [0.25, 0.3) is 0 Å². The second kappa shape index (κ2) is 8.60. The predicted octanol–water partition coefficient (Wildman–Crippen LogP) is 4.40. The van der Waals surface area contributed by atoms with Crippen LogP contribution in [0, 0.1) is 0 Å². The van der Waals surface area contributed by atoms with Crippen LogP contribution in [0.25, 0.3) is 11.3 Å². The summed E-state index contributed by atoms with van der Waals surface area (Å²) in [6.45, 7) is 2.08. The van der Waals surface area contributed by atoms with Gasteiger partial charge in [0.15, 0.2) is 5.82 Å². The maximum absolute atomic E-state index is 12.3. The number of hydrogen-bond donors (Lipinski definition) is 2. The molecule has 1 saturated heterocycles. The van der Waals surface area contributed by atoms with E-state index in [1.807, 2.05) is 36.4 Å². The van der Waals surface area contributed by atoms with E-state index < -0.39 is 0 Å². The molecule has 0 spiro atoms. The van der Waals surface area contributed by atoms with E-state index in [9.17, 15) is 4.79 Å². The third-order valence-electron chi connectivity index (χ3n) is 4.84. The van der Waals surface area contributed by atoms with Crippen molar-refractivity contribution in [3.8, 4) is 17.0 Å². The van der Waals surface area contributed by atoms with Gasteiger partial charge in [0, 0.05) is 30.0 Å². The number of methoxy groups -OCH3 is 1. The summed E-state index contributed by atoms with van der Waals surface area (Å²) < 4.78 is 5.12. The van der Waals surface area contributed by atoms with Crippen molar-refractivity contribution in [2.75, 3.05) is 35.7 Å². The van der Waals surface area contributed by atoms with Crippen LogP contribution in [-0.4, -0.2) is 36.4 Å². The molecule has 3 aromatic rings. The Morgan fingerprint density at radius 3 is 2.38 bits per heavy atom. The Hall–Kier alpha value is -3.61. The average molecular weight is 389 g/mol. The van der Waals surface area contributed by atoms with Gasteiger partial charge in [0.05, 0.1) is 12.8 Å². The Labute approximate surface area is 169 Å². The molecule has 148 valence electrons. The molecule has 0 atom stereocenters. The summed E-state index contributed by atoms with van der Waals surface area (Å²) in [4.78, 5) is 14.5. The van der Waals surface area contributed by atoms with Gasteiger partial charge >= 0.3 is 6.03 Å². The van der Waals surface area contributed by atoms with Crippen LogP contribution >= 0.6 is 0 Å². The van der Waals surface area contributed by atoms with Gasteiger partial charge in [-0.15, -0.1) is 10.2 Å². The largest absolute Gasteiger partial charge is 0.497 e. The predicted molar refractivity (Wildman–Crippen MR) is 115 cm³/mol. The number of hydrogen-bond acceptors (Lipinski definition) is 5. The number of nitrogens with zero attached hydrogens (tertiary/aromatic N) is 3. The lowest BCUT2D eigenvalue weighted by Crippen LogP contribution is -2.19. The van der Waals surface area contributed by atoms with Gasteiger partial charge in [-0.2, -0.15) is 0 Å². The zero-order valence-corrected chi connectivity index (χ0v) is 16.3. The molecule has 29 heavy (non-hydrogen) atoms. The molecule has 0 bridgehead atoms. The first-order valence-electron chi connectivity index (χ1n) is 9.62. The fourth-order valence-electron chi connectivity index (χ4n) is 3.32. The second-order valence-corrected chi connectivity index (χ2v) is 6.86. The highest BCUT2D eigenvalue weighted by atomic mass is 16.5. The SMILES string of the molecule is COc1ccc(NC(=O)Nc2cccc(-c3ccc(N4CCCC4)nn3)c2)cc1. The van der Waals surface area contributed by atoms with Crippen LogP contribution < -0.4 is 20.3 Å². The highest BCUT2D eigenvalue weighted by Crippen LogP contribution is 2.23. The van der Waals surface area contributed by atoms with Crippen molar-refractivity contribution in [1.29, 1.82) is 0 Å². The van der Waals surface area contributed by atoms with Crippen molar-refractivity contribution in [2.45, 2.75) is 12.8 Å². The number of rotatable bonds is 5. The van der Waals surface area contributed by atoms with Crippen LogP contribution in [0.2, 0.25) is 0 Å². The maximum Gasteiger partial charge on any atom is 0.323 e. The lowest BCUT2D eigenvalue weighted by molar-refractivity contribution is 0.262. The van der Waals surface area contributed by atoms with Crippen LogP contribution in [0.15, 0.2) is 60.7 Å². The molecule has 2 amide bonds. The standard InChI is InChI=1S/C22H23N5O2/c1-29-19-9-7-17(8-10-19)23-22(28)24-18-6-4-5-16(15-18)20-11-12-21(26-25-20)27-13-2-3-14-27/h4-12,15H,2-3,13-14H2,1H3,(H2,23,24,28). The van der Waals surface area contributed by atoms with E-state index in [1.54, 1.807) is 31.4 Å². The average Bonchev–Trinajstić information content (AvgIpc) is 3.29. The number of ether oxygens (including phenoxy) is 1. The molecule has 4 rings (SSSR count). The summed E-state index contributed by atoms with van der Waals surface area (Å²) in [6, 6.07) is 18.4. The molecule has 1 aliphatic heterocycles. The Bertz CT molecular complexity index is 967. The molecule has 0 aliphatic carbocycles. The van der Waals surface area contributed by atoms with E-state index in [2.05, 4.69) is 25.7 Å². The third-order valence-corrected chi connectivity index (χ3v) is 4.84. The Balaban J connectivity index is 1.41. The first-order chi connectivity index (χ1) is 14.2. The third kappa shape index (κ3) is 4.63. The topological polar surface area (TPSA) is 79.4 Å². The number of urea groups is 1. The molecular weight excluding hydrogens is 366 g/mol. The van der Waals surface area contributed by atoms with Gasteiger partial charge in [-0.05, 0) is 61.4 Å². The normalized spacial score (nSPS) is 13.2. The first-order valence-corrected chi connectivity index (χ1v) is 9.62. The van der Waals surface area contributed by atoms with Gasteiger partial charge in [-0.1, -0.05) is 12.1 Å². The van der Waals surface area contributed by atoms with Crippen molar-refractivity contribution >= 4 is 23.2 Å². The molecule has 2 aromatic carbocycles. The van der Waals surface area contributed by atoms with Gasteiger partial charge in [0.1, 0.15) is 5.75 Å². The Kier molecular flexibility index (Phi) is 5.56. The number of anilines is 3. The quantitative estimate of drug-likeness (QED) is 0.676. The van der Waals surface area contributed by atoms with E-state index in [0.29, 0.717) is 11.4 Å². The number of nitrogens with one attached hydrogen (secondary N) is 2. The van der Waals surface area contributed by atoms with Crippen molar-refractivity contribution in [3.63, 3.8) is 0 Å². The van der Waals surface area contributed by atoms with Gasteiger partial charge in [-0.3, -0.25) is 0 Å². The molecule has 7 nitrogen and oxygen atoms in total. The molecule has 2 N–H and O–H groups in total. The van der Waals surface area contributed by atoms with Crippen LogP contribution in [0.3, 0.4) is 0 Å². The van der Waals surface area contributed by atoms with E-state index in [0.717, 1.165) is 35.9 Å². The van der Waals surface area contributed by atoms with Crippen molar-refractivity contribution < 1.29 is 9.53 Å². The summed E-state index contributed by atoms with van der Waals surface area (Å²) in [5.41, 5.74) is 3.03. The minimum Gasteiger partial charge on any atom is -0.497 e. The van der Waals surface area contributed by atoms with E-state index in [-0.39, 0.29) is 6.03 Å². The first kappa shape index (κ1) is 18.7. The molecule has 0 unspecified atom stereocenters. The minimum atomic E-state index is -0.317. The highest BCUT2D eigenvalue weighted by Gasteiger charge is 2.14. The monoisotopic (exact) mass is 389 g/mol. The molecular formula is C22H23N5O2. The Morgan fingerprint density at radius 2 is 1.69 bits per heavy atom. The van der Waals surface area contributed by atoms with Gasteiger partial charge < -0.3 is 20.3 Å². The molecule has 7 heteroatoms. The smallest absolute Gasteiger partial charge is 0.323 e. The van der Waals surface area contributed by atoms with Crippen molar-refractivity contribution in [2.24, 2.45) is 0 Å². The molecule has 2 heterocycles. The minimum absolute atomic E-state index is 0.317. The molecule has 0 saturated carbocycles. The maximum atomic E-state index is 12.3. The number of benzene rings is 2. The summed E-state index contributed by atoms with van der Waals surface area (Å²) in [7, 11) is 1.60. The van der Waals surface area contributed by atoms with Crippen molar-refractivity contribution in [3.05, 3.63) is 60.7 Å². The summed E-state index contributed by atoms with van der Waals surface area (Å²) >= 11 is 0. The van der Waals surface area contributed by atoms with E-state index in [4.69, 9.17) is 4.74 Å². The zero-order chi connectivity index (χ0) is 20.1. The van der Waals surface area contributed by atoms with E-state index >= 15 is 0 Å². The van der Waals surface area contributed by atoms with Gasteiger partial charge in [-0.25, -0.2) is 4.79 Å². The summed E-state index contributed by atoms with van der Waals surface area (Å²) in [5.74, 6) is 1.65. The molecule has 0 radical (unpaired) electrons.